The van der Waals surface area contributed by atoms with E-state index in [1.165, 1.54) is 6.07 Å². The van der Waals surface area contributed by atoms with Gasteiger partial charge >= 0.3 is 0 Å². The number of hydrogen-bond donors (Lipinski definition) is 0. The maximum atomic E-state index is 12.8. The van der Waals surface area contributed by atoms with Crippen molar-refractivity contribution in [3.05, 3.63) is 35.6 Å². The van der Waals surface area contributed by atoms with Crippen molar-refractivity contribution in [2.75, 3.05) is 5.33 Å². The maximum Gasteiger partial charge on any atom is 0.138 e. The monoisotopic (exact) mass is 212 g/mol. The molecule has 0 bridgehead atoms. The molecule has 0 atom stereocenters. The summed E-state index contributed by atoms with van der Waals surface area (Å²) in [6.45, 7) is 0. The number of halogens is 2. The van der Waals surface area contributed by atoms with E-state index in [4.69, 9.17) is 0 Å². The van der Waals surface area contributed by atoms with Crippen molar-refractivity contribution in [1.29, 1.82) is 0 Å². The van der Waals surface area contributed by atoms with E-state index >= 15 is 0 Å². The molecule has 0 heterocycles. The van der Waals surface area contributed by atoms with Gasteiger partial charge in [0.15, 0.2) is 0 Å². The molecule has 0 aliphatic rings. The highest BCUT2D eigenvalue weighted by molar-refractivity contribution is 9.09. The fourth-order valence-corrected chi connectivity index (χ4v) is 0.831. The Bertz CT molecular complexity index is 296. The minimum Gasteiger partial charge on any atom is -0.206 e. The predicted molar refractivity (Wildman–Crippen MR) is 47.1 cm³/mol. The van der Waals surface area contributed by atoms with Gasteiger partial charge in [0.05, 0.1) is 10.9 Å². The van der Waals surface area contributed by atoms with Gasteiger partial charge in [0.25, 0.3) is 0 Å². The smallest absolute Gasteiger partial charge is 0.138 e. The van der Waals surface area contributed by atoms with Crippen molar-refractivity contribution in [3.8, 4) is 11.8 Å². The zero-order chi connectivity index (χ0) is 8.10. The standard InChI is InChI=1S/C9H6BrF/c10-7-3-5-8-4-1-2-6-9(8)11/h1-2,4,6H,7H2. The van der Waals surface area contributed by atoms with Crippen LogP contribution in [0, 0.1) is 17.7 Å². The van der Waals surface area contributed by atoms with E-state index in [0.29, 0.717) is 10.9 Å². The third kappa shape index (κ3) is 2.36. The van der Waals surface area contributed by atoms with Crippen LogP contribution in [0.15, 0.2) is 24.3 Å². The Morgan fingerprint density at radius 3 is 2.73 bits per heavy atom. The third-order valence-electron chi connectivity index (χ3n) is 1.16. The van der Waals surface area contributed by atoms with Crippen molar-refractivity contribution in [2.24, 2.45) is 0 Å². The average molecular weight is 213 g/mol. The lowest BCUT2D eigenvalue weighted by molar-refractivity contribution is 0.624. The molecular weight excluding hydrogens is 207 g/mol. The molecule has 0 spiro atoms. The molecular formula is C9H6BrF. The molecule has 0 fully saturated rings. The van der Waals surface area contributed by atoms with E-state index in [-0.39, 0.29) is 5.82 Å². The molecule has 0 N–H and O–H groups in total. The van der Waals surface area contributed by atoms with Crippen molar-refractivity contribution >= 4 is 15.9 Å². The molecule has 0 nitrogen and oxygen atoms in total. The van der Waals surface area contributed by atoms with Gasteiger partial charge in [0, 0.05) is 0 Å². The van der Waals surface area contributed by atoms with Gasteiger partial charge in [-0.3, -0.25) is 0 Å². The van der Waals surface area contributed by atoms with Crippen LogP contribution in [0.3, 0.4) is 0 Å². The summed E-state index contributed by atoms with van der Waals surface area (Å²) < 4.78 is 12.8. The topological polar surface area (TPSA) is 0 Å². The quantitative estimate of drug-likeness (QED) is 0.459. The largest absolute Gasteiger partial charge is 0.206 e. The Hall–Kier alpha value is -0.810. The van der Waals surface area contributed by atoms with E-state index in [2.05, 4.69) is 27.8 Å². The summed E-state index contributed by atoms with van der Waals surface area (Å²) in [4.78, 5) is 0. The molecule has 0 unspecified atom stereocenters. The Labute approximate surface area is 73.6 Å². The van der Waals surface area contributed by atoms with Crippen molar-refractivity contribution in [1.82, 2.24) is 0 Å². The van der Waals surface area contributed by atoms with Crippen molar-refractivity contribution in [2.45, 2.75) is 0 Å². The van der Waals surface area contributed by atoms with E-state index in [1.807, 2.05) is 0 Å². The van der Waals surface area contributed by atoms with E-state index in [0.717, 1.165) is 0 Å². The van der Waals surface area contributed by atoms with Crippen LogP contribution in [-0.2, 0) is 0 Å². The Morgan fingerprint density at radius 1 is 1.36 bits per heavy atom. The summed E-state index contributed by atoms with van der Waals surface area (Å²) in [6.07, 6.45) is 0. The first-order chi connectivity index (χ1) is 5.34. The Balaban J connectivity index is 2.95. The molecule has 0 saturated heterocycles. The number of hydrogen-bond acceptors (Lipinski definition) is 0. The summed E-state index contributed by atoms with van der Waals surface area (Å²) in [5.74, 6) is 5.16. The van der Waals surface area contributed by atoms with Gasteiger partial charge in [-0.2, -0.15) is 0 Å². The maximum absolute atomic E-state index is 12.8. The van der Waals surface area contributed by atoms with E-state index in [1.54, 1.807) is 18.2 Å². The Kier molecular flexibility index (Phi) is 3.13. The predicted octanol–water partition coefficient (Wildman–Crippen LogP) is 2.57. The summed E-state index contributed by atoms with van der Waals surface area (Å²) in [6, 6.07) is 6.47. The second-order valence-corrected chi connectivity index (χ2v) is 2.48. The van der Waals surface area contributed by atoms with Crippen LogP contribution in [0.2, 0.25) is 0 Å². The molecule has 0 radical (unpaired) electrons. The van der Waals surface area contributed by atoms with Crippen LogP contribution in [0.25, 0.3) is 0 Å². The molecule has 1 aromatic rings. The van der Waals surface area contributed by atoms with E-state index < -0.39 is 0 Å². The minimum atomic E-state index is -0.263. The molecule has 0 amide bonds. The van der Waals surface area contributed by atoms with Crippen LogP contribution in [0.5, 0.6) is 0 Å². The molecule has 0 aliphatic heterocycles. The first-order valence-corrected chi connectivity index (χ1v) is 4.26. The van der Waals surface area contributed by atoms with E-state index in [9.17, 15) is 4.39 Å². The third-order valence-corrected chi connectivity index (χ3v) is 1.44. The van der Waals surface area contributed by atoms with Crippen LogP contribution in [-0.4, -0.2) is 5.33 Å². The number of benzene rings is 1. The fraction of sp³-hybridized carbons (Fsp3) is 0.111. The average Bonchev–Trinajstić information content (AvgIpc) is 2.03. The second kappa shape index (κ2) is 4.15. The lowest BCUT2D eigenvalue weighted by Gasteiger charge is -1.89. The first kappa shape index (κ1) is 8.29. The minimum absolute atomic E-state index is 0.263. The van der Waals surface area contributed by atoms with Gasteiger partial charge in [-0.25, -0.2) is 4.39 Å². The van der Waals surface area contributed by atoms with Gasteiger partial charge in [-0.05, 0) is 12.1 Å². The van der Waals surface area contributed by atoms with Gasteiger partial charge in [-0.15, -0.1) is 0 Å². The molecule has 0 saturated carbocycles. The highest BCUT2D eigenvalue weighted by atomic mass is 79.9. The molecule has 2 heteroatoms. The zero-order valence-corrected chi connectivity index (χ0v) is 7.36. The van der Waals surface area contributed by atoms with Gasteiger partial charge in [-0.1, -0.05) is 39.9 Å². The summed E-state index contributed by atoms with van der Waals surface area (Å²) >= 11 is 3.14. The van der Waals surface area contributed by atoms with Crippen molar-refractivity contribution in [3.63, 3.8) is 0 Å². The highest BCUT2D eigenvalue weighted by Crippen LogP contribution is 2.03. The molecule has 0 aliphatic carbocycles. The first-order valence-electron chi connectivity index (χ1n) is 3.14. The summed E-state index contributed by atoms with van der Waals surface area (Å²) in [7, 11) is 0. The van der Waals surface area contributed by atoms with Gasteiger partial charge < -0.3 is 0 Å². The van der Waals surface area contributed by atoms with Crippen LogP contribution in [0.4, 0.5) is 4.39 Å². The highest BCUT2D eigenvalue weighted by Gasteiger charge is 1.93. The normalized spacial score (nSPS) is 8.55. The molecule has 11 heavy (non-hydrogen) atoms. The van der Waals surface area contributed by atoms with Crippen LogP contribution < -0.4 is 0 Å². The van der Waals surface area contributed by atoms with Crippen molar-refractivity contribution < 1.29 is 4.39 Å². The molecule has 1 rings (SSSR count). The van der Waals surface area contributed by atoms with Crippen LogP contribution >= 0.6 is 15.9 Å². The summed E-state index contributed by atoms with van der Waals surface area (Å²) in [5, 5.41) is 0.571. The molecule has 1 aromatic carbocycles. The van der Waals surface area contributed by atoms with Gasteiger partial charge in [0.1, 0.15) is 5.82 Å². The van der Waals surface area contributed by atoms with Gasteiger partial charge in [0.2, 0.25) is 0 Å². The lowest BCUT2D eigenvalue weighted by atomic mass is 10.2. The fourth-order valence-electron chi connectivity index (χ4n) is 0.691. The SMILES string of the molecule is Fc1ccccc1C#CCBr. The lowest BCUT2D eigenvalue weighted by Crippen LogP contribution is -1.80. The number of rotatable bonds is 0. The zero-order valence-electron chi connectivity index (χ0n) is 5.77. The molecule has 56 valence electrons. The molecule has 0 aromatic heterocycles. The summed E-state index contributed by atoms with van der Waals surface area (Å²) in [5.41, 5.74) is 0.451. The van der Waals surface area contributed by atoms with Crippen LogP contribution in [0.1, 0.15) is 5.56 Å². The second-order valence-electron chi connectivity index (χ2n) is 1.92. The Morgan fingerprint density at radius 2 is 2.09 bits per heavy atom. The number of alkyl halides is 1.